The third kappa shape index (κ3) is 3.70. The minimum absolute atomic E-state index is 0.0292. The molecular formula is C20H23N5O2S. The van der Waals surface area contributed by atoms with Gasteiger partial charge in [-0.25, -0.2) is 9.97 Å². The van der Waals surface area contributed by atoms with E-state index in [2.05, 4.69) is 20.3 Å². The van der Waals surface area contributed by atoms with Crippen LogP contribution in [0, 0.1) is 6.92 Å². The van der Waals surface area contributed by atoms with Gasteiger partial charge in [-0.05, 0) is 38.0 Å². The van der Waals surface area contributed by atoms with Crippen LogP contribution in [0.3, 0.4) is 0 Å². The van der Waals surface area contributed by atoms with E-state index in [1.165, 1.54) is 0 Å². The number of likely N-dealkylation sites (tertiary alicyclic amines) is 1. The molecule has 2 atom stereocenters. The number of anilines is 1. The summed E-state index contributed by atoms with van der Waals surface area (Å²) in [5.41, 5.74) is 2.29. The Labute approximate surface area is 167 Å². The van der Waals surface area contributed by atoms with Crippen molar-refractivity contribution in [2.75, 3.05) is 25.5 Å². The summed E-state index contributed by atoms with van der Waals surface area (Å²) < 4.78 is 6.24. The van der Waals surface area contributed by atoms with Gasteiger partial charge in [0.2, 0.25) is 5.95 Å². The van der Waals surface area contributed by atoms with Crippen LogP contribution in [0.15, 0.2) is 30.6 Å². The molecule has 1 aliphatic rings. The lowest BCUT2D eigenvalue weighted by Crippen LogP contribution is -2.31. The lowest BCUT2D eigenvalue weighted by Gasteiger charge is -2.18. The quantitative estimate of drug-likeness (QED) is 0.710. The van der Waals surface area contributed by atoms with Gasteiger partial charge >= 0.3 is 0 Å². The fraction of sp³-hybridized carbons (Fsp3) is 0.400. The van der Waals surface area contributed by atoms with Gasteiger partial charge in [0.1, 0.15) is 0 Å². The van der Waals surface area contributed by atoms with Crippen LogP contribution in [0.2, 0.25) is 0 Å². The summed E-state index contributed by atoms with van der Waals surface area (Å²) in [7, 11) is 1.69. The number of nitrogens with zero attached hydrogens (tertiary/aromatic N) is 4. The largest absolute Gasteiger partial charge is 0.380 e. The Bertz CT molecular complexity index is 991. The molecule has 146 valence electrons. The van der Waals surface area contributed by atoms with Crippen molar-refractivity contribution >= 4 is 33.4 Å². The minimum atomic E-state index is -0.0640. The first-order chi connectivity index (χ1) is 13.5. The highest BCUT2D eigenvalue weighted by Gasteiger charge is 2.29. The fourth-order valence-electron chi connectivity index (χ4n) is 3.42. The Kier molecular flexibility index (Phi) is 5.23. The van der Waals surface area contributed by atoms with E-state index in [0.717, 1.165) is 27.1 Å². The van der Waals surface area contributed by atoms with Gasteiger partial charge in [0.15, 0.2) is 5.69 Å². The number of methoxy groups -OCH3 is 1. The molecule has 0 aromatic carbocycles. The van der Waals surface area contributed by atoms with Gasteiger partial charge in [0.25, 0.3) is 5.91 Å². The van der Waals surface area contributed by atoms with Crippen LogP contribution >= 0.6 is 11.3 Å². The summed E-state index contributed by atoms with van der Waals surface area (Å²) in [5.74, 6) is 0.387. The van der Waals surface area contributed by atoms with Crippen molar-refractivity contribution in [3.63, 3.8) is 0 Å². The van der Waals surface area contributed by atoms with Gasteiger partial charge in [0, 0.05) is 37.5 Å². The number of ether oxygens (including phenoxy) is 1. The Morgan fingerprint density at radius 1 is 1.43 bits per heavy atom. The lowest BCUT2D eigenvalue weighted by molar-refractivity contribution is 0.0721. The average molecular weight is 398 g/mol. The van der Waals surface area contributed by atoms with Gasteiger partial charge in [-0.3, -0.25) is 9.78 Å². The van der Waals surface area contributed by atoms with Crippen molar-refractivity contribution in [3.05, 3.63) is 46.7 Å². The molecule has 4 heterocycles. The molecule has 1 aliphatic heterocycles. The maximum Gasteiger partial charge on any atom is 0.274 e. The normalized spacial score (nSPS) is 17.8. The molecule has 0 spiro atoms. The van der Waals surface area contributed by atoms with E-state index in [0.29, 0.717) is 24.7 Å². The van der Waals surface area contributed by atoms with Crippen molar-refractivity contribution in [2.45, 2.75) is 32.4 Å². The van der Waals surface area contributed by atoms with Crippen LogP contribution in [0.1, 0.15) is 40.3 Å². The molecule has 1 amide bonds. The van der Waals surface area contributed by atoms with Crippen LogP contribution in [0.5, 0.6) is 0 Å². The van der Waals surface area contributed by atoms with Crippen molar-refractivity contribution in [3.8, 4) is 0 Å². The molecule has 0 aliphatic carbocycles. The molecule has 1 fully saturated rings. The number of hydrogen-bond donors (Lipinski definition) is 1. The molecule has 3 aromatic heterocycles. The summed E-state index contributed by atoms with van der Waals surface area (Å²) >= 11 is 1.55. The SMILES string of the molecule is CO[C@@H]1CCN(C(=O)c2nc(N[C@@H](C)c3cccnc3)nc3cc(C)sc23)C1. The topological polar surface area (TPSA) is 80.2 Å². The number of carbonyl (C=O) groups excluding carboxylic acids is 1. The predicted octanol–water partition coefficient (Wildman–Crippen LogP) is 3.43. The third-order valence-electron chi connectivity index (χ3n) is 4.99. The van der Waals surface area contributed by atoms with Gasteiger partial charge < -0.3 is 15.0 Å². The highest BCUT2D eigenvalue weighted by molar-refractivity contribution is 7.19. The predicted molar refractivity (Wildman–Crippen MR) is 110 cm³/mol. The van der Waals surface area contributed by atoms with E-state index >= 15 is 0 Å². The standard InChI is InChI=1S/C20H23N5O2S/c1-12-9-16-18(28-12)17(19(26)25-8-6-15(11-25)27-3)24-20(23-16)22-13(2)14-5-4-7-21-10-14/h4-5,7,9-10,13,15H,6,8,11H2,1-3H3,(H,22,23,24)/t13-,15+/m0/s1. The third-order valence-corrected chi connectivity index (χ3v) is 6.04. The first-order valence-corrected chi connectivity index (χ1v) is 10.1. The first kappa shape index (κ1) is 18.8. The number of hydrogen-bond acceptors (Lipinski definition) is 7. The number of rotatable bonds is 5. The van der Waals surface area contributed by atoms with E-state index in [4.69, 9.17) is 4.74 Å². The van der Waals surface area contributed by atoms with Gasteiger partial charge in [0.05, 0.1) is 22.4 Å². The zero-order chi connectivity index (χ0) is 19.7. The number of amides is 1. The maximum absolute atomic E-state index is 13.2. The Balaban J connectivity index is 1.66. The number of carbonyl (C=O) groups is 1. The van der Waals surface area contributed by atoms with E-state index < -0.39 is 0 Å². The average Bonchev–Trinajstić information content (AvgIpc) is 3.33. The van der Waals surface area contributed by atoms with Gasteiger partial charge in [-0.1, -0.05) is 6.07 Å². The van der Waals surface area contributed by atoms with Gasteiger partial charge in [-0.15, -0.1) is 11.3 Å². The van der Waals surface area contributed by atoms with Crippen molar-refractivity contribution in [1.82, 2.24) is 19.9 Å². The number of thiophene rings is 1. The van der Waals surface area contributed by atoms with E-state index in [-0.39, 0.29) is 18.1 Å². The van der Waals surface area contributed by atoms with E-state index in [1.807, 2.05) is 43.1 Å². The molecule has 3 aromatic rings. The Morgan fingerprint density at radius 3 is 3.00 bits per heavy atom. The zero-order valence-corrected chi connectivity index (χ0v) is 17.0. The molecular weight excluding hydrogens is 374 g/mol. The minimum Gasteiger partial charge on any atom is -0.380 e. The molecule has 0 bridgehead atoms. The van der Waals surface area contributed by atoms with Crippen LogP contribution in [0.25, 0.3) is 10.2 Å². The molecule has 8 heteroatoms. The molecule has 28 heavy (non-hydrogen) atoms. The summed E-state index contributed by atoms with van der Waals surface area (Å²) in [6, 6.07) is 5.87. The van der Waals surface area contributed by atoms with Crippen LogP contribution < -0.4 is 5.32 Å². The number of fused-ring (bicyclic) bond motifs is 1. The molecule has 1 N–H and O–H groups in total. The highest BCUT2D eigenvalue weighted by Crippen LogP contribution is 2.29. The van der Waals surface area contributed by atoms with Crippen molar-refractivity contribution in [1.29, 1.82) is 0 Å². The summed E-state index contributed by atoms with van der Waals surface area (Å²) in [5, 5.41) is 3.31. The van der Waals surface area contributed by atoms with Crippen molar-refractivity contribution in [2.24, 2.45) is 0 Å². The fourth-order valence-corrected chi connectivity index (χ4v) is 4.35. The number of aromatic nitrogens is 3. The smallest absolute Gasteiger partial charge is 0.274 e. The number of nitrogens with one attached hydrogen (secondary N) is 1. The van der Waals surface area contributed by atoms with Crippen LogP contribution in [0.4, 0.5) is 5.95 Å². The number of aryl methyl sites for hydroxylation is 1. The van der Waals surface area contributed by atoms with Gasteiger partial charge in [-0.2, -0.15) is 0 Å². The summed E-state index contributed by atoms with van der Waals surface area (Å²) in [4.78, 5) is 29.5. The Hall–Kier alpha value is -2.58. The van der Waals surface area contributed by atoms with E-state index in [1.54, 1.807) is 24.6 Å². The highest BCUT2D eigenvalue weighted by atomic mass is 32.1. The summed E-state index contributed by atoms with van der Waals surface area (Å²) in [6.45, 7) is 5.32. The zero-order valence-electron chi connectivity index (χ0n) is 16.2. The molecule has 0 unspecified atom stereocenters. The second-order valence-electron chi connectivity index (χ2n) is 7.02. The maximum atomic E-state index is 13.2. The lowest BCUT2D eigenvalue weighted by atomic mass is 10.1. The second kappa shape index (κ2) is 7.81. The van der Waals surface area contributed by atoms with Crippen LogP contribution in [-0.2, 0) is 4.74 Å². The number of pyridine rings is 1. The Morgan fingerprint density at radius 2 is 2.29 bits per heavy atom. The van der Waals surface area contributed by atoms with Crippen molar-refractivity contribution < 1.29 is 9.53 Å². The first-order valence-electron chi connectivity index (χ1n) is 9.32. The molecule has 0 saturated carbocycles. The molecule has 1 saturated heterocycles. The monoisotopic (exact) mass is 397 g/mol. The summed E-state index contributed by atoms with van der Waals surface area (Å²) in [6.07, 6.45) is 4.50. The second-order valence-corrected chi connectivity index (χ2v) is 8.27. The molecule has 4 rings (SSSR count). The molecule has 7 nitrogen and oxygen atoms in total. The van der Waals surface area contributed by atoms with Crippen LogP contribution in [-0.4, -0.2) is 52.1 Å². The van der Waals surface area contributed by atoms with E-state index in [9.17, 15) is 4.79 Å². The molecule has 0 radical (unpaired) electrons.